The summed E-state index contributed by atoms with van der Waals surface area (Å²) in [4.78, 5) is 12.8. The van der Waals surface area contributed by atoms with Gasteiger partial charge in [0.2, 0.25) is 0 Å². The van der Waals surface area contributed by atoms with Crippen molar-refractivity contribution in [3.8, 4) is 0 Å². The molecule has 28 heavy (non-hydrogen) atoms. The van der Waals surface area contributed by atoms with E-state index in [1.807, 2.05) is 24.3 Å². The van der Waals surface area contributed by atoms with Crippen LogP contribution in [0.4, 0.5) is 4.39 Å². The molecule has 4 rings (SSSR count). The van der Waals surface area contributed by atoms with Crippen molar-refractivity contribution in [1.29, 1.82) is 0 Å². The lowest BCUT2D eigenvalue weighted by Gasteiger charge is -2.08. The van der Waals surface area contributed by atoms with Crippen LogP contribution in [0.25, 0.3) is 20.9 Å². The summed E-state index contributed by atoms with van der Waals surface area (Å²) >= 11 is 7.45. The van der Waals surface area contributed by atoms with Crippen molar-refractivity contribution in [1.82, 2.24) is 5.43 Å². The van der Waals surface area contributed by atoms with Gasteiger partial charge in [0.25, 0.3) is 5.91 Å². The van der Waals surface area contributed by atoms with Crippen molar-refractivity contribution in [2.45, 2.75) is 13.3 Å². The van der Waals surface area contributed by atoms with Crippen LogP contribution in [0.1, 0.15) is 27.7 Å². The molecule has 1 aromatic heterocycles. The SMILES string of the molecule is CCc1ccc2ccccc2c1/C=N/NC(=O)c1sc2cc(F)ccc2c1Cl. The first-order valence-electron chi connectivity index (χ1n) is 8.80. The number of thiophene rings is 1. The van der Waals surface area contributed by atoms with E-state index in [9.17, 15) is 9.18 Å². The van der Waals surface area contributed by atoms with Crippen LogP contribution < -0.4 is 5.43 Å². The summed E-state index contributed by atoms with van der Waals surface area (Å²) in [5.74, 6) is -0.778. The number of fused-ring (bicyclic) bond motifs is 2. The molecule has 0 fully saturated rings. The van der Waals surface area contributed by atoms with Crippen LogP contribution in [-0.2, 0) is 6.42 Å². The number of carbonyl (C=O) groups is 1. The highest BCUT2D eigenvalue weighted by Gasteiger charge is 2.17. The number of nitrogens with one attached hydrogen (secondary N) is 1. The Bertz CT molecular complexity index is 1230. The standard InChI is InChI=1S/C22H16ClFN2OS/c1-2-13-7-8-14-5-3-4-6-16(14)18(13)12-25-26-22(27)21-20(23)17-10-9-15(24)11-19(17)28-21/h3-12H,2H2,1H3,(H,26,27)/b25-12+. The maximum Gasteiger partial charge on any atom is 0.283 e. The topological polar surface area (TPSA) is 41.5 Å². The summed E-state index contributed by atoms with van der Waals surface area (Å²) in [6, 6.07) is 16.5. The van der Waals surface area contributed by atoms with Crippen LogP contribution in [0.15, 0.2) is 59.7 Å². The first-order valence-corrected chi connectivity index (χ1v) is 9.99. The summed E-state index contributed by atoms with van der Waals surface area (Å²) in [5, 5.41) is 7.32. The summed E-state index contributed by atoms with van der Waals surface area (Å²) < 4.78 is 14.0. The van der Waals surface area contributed by atoms with Gasteiger partial charge in [-0.3, -0.25) is 4.79 Å². The van der Waals surface area contributed by atoms with Crippen molar-refractivity contribution in [3.05, 3.63) is 81.4 Å². The van der Waals surface area contributed by atoms with Crippen LogP contribution in [0.5, 0.6) is 0 Å². The van der Waals surface area contributed by atoms with E-state index in [1.165, 1.54) is 12.1 Å². The predicted octanol–water partition coefficient (Wildman–Crippen LogP) is 6.17. The lowest BCUT2D eigenvalue weighted by atomic mass is 9.98. The fourth-order valence-corrected chi connectivity index (χ4v) is 4.62. The average Bonchev–Trinajstić information content (AvgIpc) is 3.03. The molecule has 0 unspecified atom stereocenters. The molecule has 4 aromatic rings. The number of hydrazone groups is 1. The van der Waals surface area contributed by atoms with Gasteiger partial charge in [0.05, 0.1) is 11.2 Å². The van der Waals surface area contributed by atoms with Gasteiger partial charge in [-0.1, -0.05) is 54.9 Å². The molecule has 1 heterocycles. The molecule has 0 aliphatic heterocycles. The van der Waals surface area contributed by atoms with E-state index < -0.39 is 5.91 Å². The Kier molecular flexibility index (Phi) is 5.11. The zero-order chi connectivity index (χ0) is 19.7. The summed E-state index contributed by atoms with van der Waals surface area (Å²) in [5.41, 5.74) is 4.67. The average molecular weight is 411 g/mol. The molecule has 0 atom stereocenters. The van der Waals surface area contributed by atoms with Crippen molar-refractivity contribution in [2.75, 3.05) is 0 Å². The van der Waals surface area contributed by atoms with E-state index in [4.69, 9.17) is 11.6 Å². The summed E-state index contributed by atoms with van der Waals surface area (Å²) in [6.45, 7) is 2.08. The number of halogens is 2. The number of nitrogens with zero attached hydrogens (tertiary/aromatic N) is 1. The molecule has 6 heteroatoms. The van der Waals surface area contributed by atoms with E-state index in [2.05, 4.69) is 29.6 Å². The molecular weight excluding hydrogens is 395 g/mol. The zero-order valence-electron chi connectivity index (χ0n) is 15.0. The van der Waals surface area contributed by atoms with Gasteiger partial charge >= 0.3 is 0 Å². The van der Waals surface area contributed by atoms with E-state index in [1.54, 1.807) is 12.3 Å². The van der Waals surface area contributed by atoms with Crippen molar-refractivity contribution in [3.63, 3.8) is 0 Å². The van der Waals surface area contributed by atoms with Gasteiger partial charge in [0.15, 0.2) is 0 Å². The third-order valence-electron chi connectivity index (χ3n) is 4.60. The zero-order valence-corrected chi connectivity index (χ0v) is 16.6. The quantitative estimate of drug-likeness (QED) is 0.317. The van der Waals surface area contributed by atoms with Crippen LogP contribution in [0.3, 0.4) is 0 Å². The molecule has 140 valence electrons. The largest absolute Gasteiger partial charge is 0.283 e. The maximum absolute atomic E-state index is 13.4. The van der Waals surface area contributed by atoms with Crippen LogP contribution in [0.2, 0.25) is 5.02 Å². The number of hydrogen-bond donors (Lipinski definition) is 1. The van der Waals surface area contributed by atoms with Crippen molar-refractivity contribution >= 4 is 55.9 Å². The third kappa shape index (κ3) is 3.39. The molecule has 1 N–H and O–H groups in total. The molecule has 3 aromatic carbocycles. The highest BCUT2D eigenvalue weighted by atomic mass is 35.5. The second kappa shape index (κ2) is 7.70. The third-order valence-corrected chi connectivity index (χ3v) is 6.26. The molecule has 0 saturated carbocycles. The Morgan fingerprint density at radius 1 is 1.18 bits per heavy atom. The molecule has 0 radical (unpaired) electrons. The summed E-state index contributed by atoms with van der Waals surface area (Å²) in [6.07, 6.45) is 2.52. The smallest absolute Gasteiger partial charge is 0.266 e. The highest BCUT2D eigenvalue weighted by Crippen LogP contribution is 2.35. The van der Waals surface area contributed by atoms with E-state index >= 15 is 0 Å². The molecule has 0 spiro atoms. The molecule has 1 amide bonds. The number of rotatable bonds is 4. The second-order valence-electron chi connectivity index (χ2n) is 6.30. The Hall–Kier alpha value is -2.76. The van der Waals surface area contributed by atoms with Gasteiger partial charge < -0.3 is 0 Å². The lowest BCUT2D eigenvalue weighted by Crippen LogP contribution is -2.16. The molecule has 0 aliphatic rings. The van der Waals surface area contributed by atoms with Crippen molar-refractivity contribution in [2.24, 2.45) is 5.10 Å². The lowest BCUT2D eigenvalue weighted by molar-refractivity contribution is 0.0959. The fourth-order valence-electron chi connectivity index (χ4n) is 3.19. The van der Waals surface area contributed by atoms with E-state index in [0.29, 0.717) is 20.0 Å². The van der Waals surface area contributed by atoms with Gasteiger partial charge in [-0.25, -0.2) is 9.82 Å². The molecular formula is C22H16ClFN2OS. The first kappa shape index (κ1) is 18.6. The number of benzene rings is 3. The van der Waals surface area contributed by atoms with Gasteiger partial charge in [-0.2, -0.15) is 5.10 Å². The van der Waals surface area contributed by atoms with Crippen LogP contribution >= 0.6 is 22.9 Å². The minimum Gasteiger partial charge on any atom is -0.266 e. The fraction of sp³-hybridized carbons (Fsp3) is 0.0909. The van der Waals surface area contributed by atoms with Gasteiger partial charge in [0, 0.05) is 15.6 Å². The van der Waals surface area contributed by atoms with Gasteiger partial charge in [0.1, 0.15) is 10.7 Å². The van der Waals surface area contributed by atoms with Crippen LogP contribution in [0, 0.1) is 5.82 Å². The molecule has 0 aliphatic carbocycles. The second-order valence-corrected chi connectivity index (χ2v) is 7.73. The molecule has 3 nitrogen and oxygen atoms in total. The number of aryl methyl sites for hydroxylation is 1. The Labute approximate surface area is 170 Å². The highest BCUT2D eigenvalue weighted by molar-refractivity contribution is 7.21. The van der Waals surface area contributed by atoms with Crippen LogP contribution in [-0.4, -0.2) is 12.1 Å². The number of carbonyl (C=O) groups excluding carboxylic acids is 1. The number of amides is 1. The van der Waals surface area contributed by atoms with Gasteiger partial charge in [-0.15, -0.1) is 11.3 Å². The Morgan fingerprint density at radius 2 is 2.00 bits per heavy atom. The molecule has 0 saturated heterocycles. The van der Waals surface area contributed by atoms with Crippen molar-refractivity contribution < 1.29 is 9.18 Å². The number of hydrogen-bond acceptors (Lipinski definition) is 3. The normalized spacial score (nSPS) is 11.5. The minimum absolute atomic E-state index is 0.312. The monoisotopic (exact) mass is 410 g/mol. The summed E-state index contributed by atoms with van der Waals surface area (Å²) in [7, 11) is 0. The Balaban J connectivity index is 1.63. The maximum atomic E-state index is 13.4. The first-order chi connectivity index (χ1) is 13.6. The minimum atomic E-state index is -0.416. The van der Waals surface area contributed by atoms with E-state index in [0.717, 1.165) is 39.7 Å². The molecule has 0 bridgehead atoms. The Morgan fingerprint density at radius 3 is 2.82 bits per heavy atom. The van der Waals surface area contributed by atoms with E-state index in [-0.39, 0.29) is 5.82 Å². The predicted molar refractivity (Wildman–Crippen MR) is 115 cm³/mol. The van der Waals surface area contributed by atoms with Gasteiger partial charge in [-0.05, 0) is 41.0 Å².